The van der Waals surface area contributed by atoms with Crippen LogP contribution in [0.2, 0.25) is 0 Å². The molecule has 0 atom stereocenters. The third-order valence-corrected chi connectivity index (χ3v) is 0.928. The van der Waals surface area contributed by atoms with Crippen molar-refractivity contribution in [3.63, 3.8) is 0 Å². The second kappa shape index (κ2) is 9.07. The van der Waals surface area contributed by atoms with Gasteiger partial charge in [-0.25, -0.2) is 0 Å². The maximum Gasteiger partial charge on any atom is 0.221 e. The molecule has 13 heavy (non-hydrogen) atoms. The number of amides is 1. The van der Waals surface area contributed by atoms with Crippen LogP contribution < -0.4 is 5.32 Å². The number of allylic oxidation sites excluding steroid dienone is 3. The lowest BCUT2D eigenvalue weighted by atomic mass is 10.4. The van der Waals surface area contributed by atoms with Gasteiger partial charge in [-0.1, -0.05) is 38.6 Å². The molecule has 0 aromatic carbocycles. The van der Waals surface area contributed by atoms with Crippen LogP contribution in [-0.4, -0.2) is 5.91 Å². The molecule has 0 heterocycles. The minimum atomic E-state index is -0.153. The number of halogens is 1. The smallest absolute Gasteiger partial charge is 0.221 e. The minimum Gasteiger partial charge on any atom is -0.327 e. The maximum atomic E-state index is 10.4. The Morgan fingerprint density at radius 1 is 1.31 bits per heavy atom. The summed E-state index contributed by atoms with van der Waals surface area (Å²) < 4.78 is 0. The molecule has 0 saturated carbocycles. The molecule has 0 aromatic rings. The average molecular weight is 202 g/mol. The Hall–Kier alpha value is -1.02. The van der Waals surface area contributed by atoms with Gasteiger partial charge in [0.25, 0.3) is 0 Å². The van der Waals surface area contributed by atoms with E-state index in [9.17, 15) is 4.79 Å². The normalized spacial score (nSPS) is 8.62. The van der Waals surface area contributed by atoms with Gasteiger partial charge >= 0.3 is 0 Å². The van der Waals surface area contributed by atoms with Crippen LogP contribution in [0.3, 0.4) is 0 Å². The van der Waals surface area contributed by atoms with Gasteiger partial charge in [-0.15, -0.1) is 0 Å². The first-order chi connectivity index (χ1) is 6.02. The molecule has 2 nitrogen and oxygen atoms in total. The van der Waals surface area contributed by atoms with Crippen molar-refractivity contribution < 1.29 is 4.79 Å². The average Bonchev–Trinajstić information content (AvgIpc) is 2.03. The molecule has 1 amide bonds. The van der Waals surface area contributed by atoms with E-state index in [1.54, 1.807) is 12.2 Å². The van der Waals surface area contributed by atoms with Crippen molar-refractivity contribution in [3.05, 3.63) is 36.0 Å². The first-order valence-corrected chi connectivity index (χ1v) is 4.39. The molecule has 0 saturated heterocycles. The molecule has 0 unspecified atom stereocenters. The van der Waals surface area contributed by atoms with Gasteiger partial charge in [-0.05, 0) is 12.2 Å². The van der Waals surface area contributed by atoms with Crippen molar-refractivity contribution in [2.45, 2.75) is 20.8 Å². The van der Waals surface area contributed by atoms with Crippen LogP contribution in [0.4, 0.5) is 0 Å². The summed E-state index contributed by atoms with van der Waals surface area (Å²) in [4.78, 5) is 10.4. The van der Waals surface area contributed by atoms with E-state index in [2.05, 4.69) is 18.5 Å². The summed E-state index contributed by atoms with van der Waals surface area (Å²) in [5, 5.41) is 2.88. The molecule has 74 valence electrons. The fraction of sp³-hybridized carbons (Fsp3) is 0.300. The Kier molecular flexibility index (Phi) is 10.1. The van der Waals surface area contributed by atoms with E-state index in [0.717, 1.165) is 0 Å². The summed E-state index contributed by atoms with van der Waals surface area (Å²) in [6.45, 7) is 12.4. The topological polar surface area (TPSA) is 29.1 Å². The van der Waals surface area contributed by atoms with Crippen molar-refractivity contribution in [1.29, 1.82) is 0 Å². The van der Waals surface area contributed by atoms with Crippen LogP contribution in [0.15, 0.2) is 36.0 Å². The van der Waals surface area contributed by atoms with E-state index in [0.29, 0.717) is 10.7 Å². The van der Waals surface area contributed by atoms with Gasteiger partial charge in [0.15, 0.2) is 0 Å². The van der Waals surface area contributed by atoms with Gasteiger partial charge in [0.1, 0.15) is 0 Å². The Labute approximate surface area is 85.0 Å². The molecule has 0 radical (unpaired) electrons. The third-order valence-electron chi connectivity index (χ3n) is 0.802. The molecule has 0 bridgehead atoms. The second-order valence-corrected chi connectivity index (χ2v) is 2.47. The van der Waals surface area contributed by atoms with E-state index in [1.165, 1.54) is 6.92 Å². The quantitative estimate of drug-likeness (QED) is 0.699. The van der Waals surface area contributed by atoms with Gasteiger partial charge in [0.2, 0.25) is 5.91 Å². The van der Waals surface area contributed by atoms with Crippen molar-refractivity contribution in [2.75, 3.05) is 0 Å². The summed E-state index contributed by atoms with van der Waals surface area (Å²) in [5.74, 6) is -0.153. The summed E-state index contributed by atoms with van der Waals surface area (Å²) >= 11 is 5.42. The van der Waals surface area contributed by atoms with Crippen LogP contribution in [0.5, 0.6) is 0 Å². The highest BCUT2D eigenvalue weighted by Crippen LogP contribution is 1.99. The molecule has 0 aliphatic rings. The predicted octanol–water partition coefficient (Wildman–Crippen LogP) is 2.97. The Bertz CT molecular complexity index is 219. The molecule has 1 N–H and O–H groups in total. The van der Waals surface area contributed by atoms with Gasteiger partial charge in [0, 0.05) is 17.7 Å². The Balaban J connectivity index is 0. The van der Waals surface area contributed by atoms with Crippen LogP contribution in [0, 0.1) is 0 Å². The van der Waals surface area contributed by atoms with Crippen molar-refractivity contribution in [3.8, 4) is 0 Å². The summed E-state index contributed by atoms with van der Waals surface area (Å²) in [6, 6.07) is 0. The first kappa shape index (κ1) is 14.5. The largest absolute Gasteiger partial charge is 0.327 e. The number of hydrogen-bond acceptors (Lipinski definition) is 1. The van der Waals surface area contributed by atoms with E-state index >= 15 is 0 Å². The minimum absolute atomic E-state index is 0.153. The number of carbonyl (C=O) groups excluding carboxylic acids is 1. The van der Waals surface area contributed by atoms with Crippen LogP contribution in [0.25, 0.3) is 0 Å². The molecule has 0 spiro atoms. The lowest BCUT2D eigenvalue weighted by Crippen LogP contribution is -2.16. The van der Waals surface area contributed by atoms with Gasteiger partial charge < -0.3 is 5.32 Å². The highest BCUT2D eigenvalue weighted by molar-refractivity contribution is 6.30. The zero-order valence-electron chi connectivity index (χ0n) is 8.36. The van der Waals surface area contributed by atoms with Crippen LogP contribution in [0.1, 0.15) is 20.8 Å². The van der Waals surface area contributed by atoms with Gasteiger partial charge in [-0.3, -0.25) is 4.79 Å². The standard InChI is InChI=1S/C8H10ClNO.C2H6/c1-6(9)4-5-7(2)10-8(3)11;1-2/h4-5H,1-2H2,3H3,(H,10,11);1-2H3/b5-4-;. The first-order valence-electron chi connectivity index (χ1n) is 4.01. The summed E-state index contributed by atoms with van der Waals surface area (Å²) in [7, 11) is 0. The van der Waals surface area contributed by atoms with E-state index in [4.69, 9.17) is 11.6 Å². The zero-order chi connectivity index (χ0) is 10.9. The SMILES string of the molecule is C=C(Cl)/C=C\C(=C)NC(C)=O.CC. The molecule has 0 fully saturated rings. The Morgan fingerprint density at radius 2 is 1.77 bits per heavy atom. The lowest BCUT2D eigenvalue weighted by molar-refractivity contribution is -0.118. The van der Waals surface area contributed by atoms with E-state index < -0.39 is 0 Å². The number of nitrogens with one attached hydrogen (secondary N) is 1. The lowest BCUT2D eigenvalue weighted by Gasteiger charge is -1.97. The van der Waals surface area contributed by atoms with Crippen molar-refractivity contribution in [1.82, 2.24) is 5.32 Å². The zero-order valence-corrected chi connectivity index (χ0v) is 9.11. The number of rotatable bonds is 3. The molecule has 0 aromatic heterocycles. The summed E-state index contributed by atoms with van der Waals surface area (Å²) in [6.07, 6.45) is 3.14. The van der Waals surface area contributed by atoms with Crippen LogP contribution >= 0.6 is 11.6 Å². The van der Waals surface area contributed by atoms with E-state index in [1.807, 2.05) is 13.8 Å². The highest BCUT2D eigenvalue weighted by Gasteiger charge is 1.89. The Morgan fingerprint density at radius 3 is 2.08 bits per heavy atom. The number of hydrogen-bond donors (Lipinski definition) is 1. The van der Waals surface area contributed by atoms with Crippen molar-refractivity contribution in [2.24, 2.45) is 0 Å². The van der Waals surface area contributed by atoms with Crippen molar-refractivity contribution >= 4 is 17.5 Å². The molecular weight excluding hydrogens is 186 g/mol. The molecule has 0 rings (SSSR count). The summed E-state index contributed by atoms with van der Waals surface area (Å²) in [5.41, 5.74) is 0.499. The van der Waals surface area contributed by atoms with Gasteiger partial charge in [0.05, 0.1) is 0 Å². The molecular formula is C10H16ClNO. The fourth-order valence-corrected chi connectivity index (χ4v) is 0.522. The predicted molar refractivity (Wildman–Crippen MR) is 58.4 cm³/mol. The fourth-order valence-electron chi connectivity index (χ4n) is 0.459. The van der Waals surface area contributed by atoms with E-state index in [-0.39, 0.29) is 5.91 Å². The number of carbonyl (C=O) groups is 1. The maximum absolute atomic E-state index is 10.4. The monoisotopic (exact) mass is 201 g/mol. The van der Waals surface area contributed by atoms with Crippen LogP contribution in [-0.2, 0) is 4.79 Å². The highest BCUT2D eigenvalue weighted by atomic mass is 35.5. The molecule has 3 heteroatoms. The van der Waals surface area contributed by atoms with Gasteiger partial charge in [-0.2, -0.15) is 0 Å². The second-order valence-electron chi connectivity index (χ2n) is 1.99. The third kappa shape index (κ3) is 13.9. The molecule has 0 aliphatic heterocycles. The molecule has 0 aliphatic carbocycles.